The minimum Gasteiger partial charge on any atom is -0.444 e. The summed E-state index contributed by atoms with van der Waals surface area (Å²) in [6.07, 6.45) is -2.07. The first kappa shape index (κ1) is 24.1. The number of fused-ring (bicyclic) bond motifs is 1. The Balaban J connectivity index is 1.90. The molecule has 8 heteroatoms. The molecule has 0 spiro atoms. The topological polar surface area (TPSA) is 47.4 Å². The van der Waals surface area contributed by atoms with Crippen LogP contribution in [0.15, 0.2) is 24.3 Å². The van der Waals surface area contributed by atoms with Crippen molar-refractivity contribution in [2.24, 2.45) is 0 Å². The molecule has 0 fully saturated rings. The molecule has 0 N–H and O–H groups in total. The first-order valence-corrected chi connectivity index (χ1v) is 11.2. The van der Waals surface area contributed by atoms with E-state index in [1.807, 2.05) is 27.7 Å². The standard InChI is InChI=1S/C24H32F3N3O2/c1-6-18-21-19(13-10-16-8-11-17(12-9-16)24(25,26)27)29(22(31)32-23(3,4)5)14-15-30(21)20(7-2)28-18/h8-9,11-12,19H,6-7,10,13-15H2,1-5H3. The number of ether oxygens (including phenoxy) is 1. The average molecular weight is 452 g/mol. The second-order valence-corrected chi connectivity index (χ2v) is 9.14. The van der Waals surface area contributed by atoms with Gasteiger partial charge in [-0.15, -0.1) is 0 Å². The summed E-state index contributed by atoms with van der Waals surface area (Å²) < 4.78 is 46.5. The predicted molar refractivity (Wildman–Crippen MR) is 116 cm³/mol. The Morgan fingerprint density at radius 1 is 1.09 bits per heavy atom. The first-order valence-electron chi connectivity index (χ1n) is 11.2. The number of alkyl halides is 3. The van der Waals surface area contributed by atoms with Crippen molar-refractivity contribution in [2.75, 3.05) is 6.54 Å². The third kappa shape index (κ3) is 5.27. The highest BCUT2D eigenvalue weighted by Crippen LogP contribution is 2.35. The second-order valence-electron chi connectivity index (χ2n) is 9.14. The monoisotopic (exact) mass is 451 g/mol. The summed E-state index contributed by atoms with van der Waals surface area (Å²) in [5.74, 6) is 1.00. The number of hydrogen-bond acceptors (Lipinski definition) is 3. The van der Waals surface area contributed by atoms with Gasteiger partial charge in [0.15, 0.2) is 0 Å². The van der Waals surface area contributed by atoms with Crippen molar-refractivity contribution in [2.45, 2.75) is 84.7 Å². The minimum absolute atomic E-state index is 0.247. The fraction of sp³-hybridized carbons (Fsp3) is 0.583. The van der Waals surface area contributed by atoms with Gasteiger partial charge in [-0.2, -0.15) is 13.2 Å². The molecule has 1 aromatic carbocycles. The van der Waals surface area contributed by atoms with Crippen LogP contribution in [0, 0.1) is 0 Å². The summed E-state index contributed by atoms with van der Waals surface area (Å²) in [7, 11) is 0. The maximum atomic E-state index is 13.0. The molecular weight excluding hydrogens is 419 g/mol. The Labute approximate surface area is 187 Å². The van der Waals surface area contributed by atoms with E-state index in [1.165, 1.54) is 12.1 Å². The molecule has 1 amide bonds. The molecule has 176 valence electrons. The lowest BCUT2D eigenvalue weighted by Gasteiger charge is -2.38. The van der Waals surface area contributed by atoms with Crippen LogP contribution < -0.4 is 0 Å². The Hall–Kier alpha value is -2.51. The molecule has 2 aromatic rings. The van der Waals surface area contributed by atoms with Gasteiger partial charge >= 0.3 is 12.3 Å². The molecule has 1 aromatic heterocycles. The molecule has 3 rings (SSSR count). The molecule has 2 heterocycles. The highest BCUT2D eigenvalue weighted by atomic mass is 19.4. The van der Waals surface area contributed by atoms with E-state index >= 15 is 0 Å². The van der Waals surface area contributed by atoms with Crippen molar-refractivity contribution in [1.82, 2.24) is 14.5 Å². The molecule has 5 nitrogen and oxygen atoms in total. The van der Waals surface area contributed by atoms with Gasteiger partial charge < -0.3 is 9.30 Å². The molecule has 32 heavy (non-hydrogen) atoms. The fourth-order valence-electron chi connectivity index (χ4n) is 4.23. The van der Waals surface area contributed by atoms with Gasteiger partial charge in [0.05, 0.1) is 23.0 Å². The van der Waals surface area contributed by atoms with Crippen molar-refractivity contribution >= 4 is 6.09 Å². The SMILES string of the molecule is CCc1nc(CC)n2c1C(CCc1ccc(C(F)(F)F)cc1)N(C(=O)OC(C)(C)C)CC2. The average Bonchev–Trinajstić information content (AvgIpc) is 3.08. The molecule has 1 unspecified atom stereocenters. The van der Waals surface area contributed by atoms with Crippen LogP contribution in [0.3, 0.4) is 0 Å². The Morgan fingerprint density at radius 3 is 2.28 bits per heavy atom. The molecule has 1 atom stereocenters. The summed E-state index contributed by atoms with van der Waals surface area (Å²) in [6, 6.07) is 5.00. The minimum atomic E-state index is -4.35. The van der Waals surface area contributed by atoms with Gasteiger partial charge in [-0.05, 0) is 57.7 Å². The second kappa shape index (κ2) is 9.16. The number of benzene rings is 1. The van der Waals surface area contributed by atoms with Crippen molar-refractivity contribution in [1.29, 1.82) is 0 Å². The van der Waals surface area contributed by atoms with Gasteiger partial charge in [0.2, 0.25) is 0 Å². The van der Waals surface area contributed by atoms with Crippen LogP contribution in [0.4, 0.5) is 18.0 Å². The zero-order chi connectivity index (χ0) is 23.7. The number of hydrogen-bond donors (Lipinski definition) is 0. The molecule has 1 aliphatic rings. The third-order valence-corrected chi connectivity index (χ3v) is 5.69. The van der Waals surface area contributed by atoms with Gasteiger partial charge in [-0.1, -0.05) is 26.0 Å². The number of nitrogens with zero attached hydrogens (tertiary/aromatic N) is 3. The third-order valence-electron chi connectivity index (χ3n) is 5.69. The van der Waals surface area contributed by atoms with E-state index in [9.17, 15) is 18.0 Å². The van der Waals surface area contributed by atoms with E-state index in [-0.39, 0.29) is 12.1 Å². The number of carbonyl (C=O) groups is 1. The van der Waals surface area contributed by atoms with Crippen LogP contribution in [0.1, 0.15) is 75.4 Å². The lowest BCUT2D eigenvalue weighted by Crippen LogP contribution is -2.45. The van der Waals surface area contributed by atoms with Crippen LogP contribution in [-0.2, 0) is 36.7 Å². The maximum absolute atomic E-state index is 13.0. The summed E-state index contributed by atoms with van der Waals surface area (Å²) in [6.45, 7) is 10.8. The number of aryl methyl sites for hydroxylation is 3. The zero-order valence-electron chi connectivity index (χ0n) is 19.4. The predicted octanol–water partition coefficient (Wildman–Crippen LogP) is 5.95. The Bertz CT molecular complexity index is 943. The van der Waals surface area contributed by atoms with Crippen LogP contribution in [-0.4, -0.2) is 32.7 Å². The molecule has 1 aliphatic heterocycles. The van der Waals surface area contributed by atoms with Crippen LogP contribution in [0.5, 0.6) is 0 Å². The van der Waals surface area contributed by atoms with Gasteiger partial charge in [-0.3, -0.25) is 4.90 Å². The smallest absolute Gasteiger partial charge is 0.416 e. The van der Waals surface area contributed by atoms with Crippen LogP contribution >= 0.6 is 0 Å². The molecule has 0 radical (unpaired) electrons. The first-order chi connectivity index (χ1) is 14.9. The van der Waals surface area contributed by atoms with Crippen molar-refractivity contribution in [3.8, 4) is 0 Å². The quantitative estimate of drug-likeness (QED) is 0.564. The van der Waals surface area contributed by atoms with E-state index in [4.69, 9.17) is 9.72 Å². The lowest BCUT2D eigenvalue weighted by molar-refractivity contribution is -0.137. The normalized spacial score (nSPS) is 16.8. The molecule has 0 bridgehead atoms. The van der Waals surface area contributed by atoms with Gasteiger partial charge in [0.25, 0.3) is 0 Å². The number of aromatic nitrogens is 2. The Kier molecular flexibility index (Phi) is 6.91. The Morgan fingerprint density at radius 2 is 1.75 bits per heavy atom. The van der Waals surface area contributed by atoms with E-state index in [0.29, 0.717) is 25.9 Å². The van der Waals surface area contributed by atoms with Gasteiger partial charge in [0, 0.05) is 19.5 Å². The number of carbonyl (C=O) groups excluding carboxylic acids is 1. The van der Waals surface area contributed by atoms with Crippen molar-refractivity contribution in [3.63, 3.8) is 0 Å². The molecular formula is C24H32F3N3O2. The maximum Gasteiger partial charge on any atom is 0.416 e. The van der Waals surface area contributed by atoms with Gasteiger partial charge in [-0.25, -0.2) is 9.78 Å². The number of rotatable bonds is 5. The molecule has 0 saturated carbocycles. The largest absolute Gasteiger partial charge is 0.444 e. The van der Waals surface area contributed by atoms with E-state index in [1.54, 1.807) is 4.90 Å². The molecule has 0 saturated heterocycles. The lowest BCUT2D eigenvalue weighted by atomic mass is 9.97. The number of halogens is 3. The summed E-state index contributed by atoms with van der Waals surface area (Å²) in [5.41, 5.74) is 1.51. The molecule has 0 aliphatic carbocycles. The number of imidazole rings is 1. The zero-order valence-corrected chi connectivity index (χ0v) is 19.4. The number of amides is 1. The van der Waals surface area contributed by atoms with Crippen LogP contribution in [0.25, 0.3) is 0 Å². The summed E-state index contributed by atoms with van der Waals surface area (Å²) in [4.78, 5) is 19.6. The fourth-order valence-corrected chi connectivity index (χ4v) is 4.23. The summed E-state index contributed by atoms with van der Waals surface area (Å²) in [5, 5.41) is 0. The van der Waals surface area contributed by atoms with Crippen molar-refractivity contribution in [3.05, 3.63) is 52.6 Å². The highest BCUT2D eigenvalue weighted by Gasteiger charge is 2.37. The van der Waals surface area contributed by atoms with E-state index in [2.05, 4.69) is 11.5 Å². The van der Waals surface area contributed by atoms with Gasteiger partial charge in [0.1, 0.15) is 11.4 Å². The summed E-state index contributed by atoms with van der Waals surface area (Å²) >= 11 is 0. The van der Waals surface area contributed by atoms with E-state index < -0.39 is 17.3 Å². The van der Waals surface area contributed by atoms with E-state index in [0.717, 1.165) is 47.8 Å². The highest BCUT2D eigenvalue weighted by molar-refractivity contribution is 5.69. The van der Waals surface area contributed by atoms with Crippen LogP contribution in [0.2, 0.25) is 0 Å². The van der Waals surface area contributed by atoms with Crippen molar-refractivity contribution < 1.29 is 22.7 Å².